The summed E-state index contributed by atoms with van der Waals surface area (Å²) in [6.45, 7) is 2.44. The molecule has 8 heteroatoms. The van der Waals surface area contributed by atoms with Crippen molar-refractivity contribution < 1.29 is 9.32 Å². The number of anilines is 1. The van der Waals surface area contributed by atoms with Crippen LogP contribution in [0.4, 0.5) is 5.82 Å². The van der Waals surface area contributed by atoms with E-state index >= 15 is 0 Å². The molecule has 1 fully saturated rings. The van der Waals surface area contributed by atoms with Crippen molar-refractivity contribution in [2.24, 2.45) is 11.8 Å². The third-order valence-corrected chi connectivity index (χ3v) is 8.38. The minimum Gasteiger partial charge on any atom is -0.362 e. The van der Waals surface area contributed by atoms with E-state index in [1.807, 2.05) is 44.4 Å². The number of halogens is 1. The molecule has 1 N–H and O–H groups in total. The number of carbonyl (C=O) groups is 1. The van der Waals surface area contributed by atoms with E-state index in [0.29, 0.717) is 40.1 Å². The van der Waals surface area contributed by atoms with Gasteiger partial charge >= 0.3 is 0 Å². The first-order valence-corrected chi connectivity index (χ1v) is 14.7. The summed E-state index contributed by atoms with van der Waals surface area (Å²) >= 11 is 6.35. The second kappa shape index (κ2) is 12.8. The zero-order valence-corrected chi connectivity index (χ0v) is 24.4. The molecule has 1 aliphatic carbocycles. The largest absolute Gasteiger partial charge is 0.362 e. The minimum absolute atomic E-state index is 0.149. The summed E-state index contributed by atoms with van der Waals surface area (Å²) in [5, 5.41) is 8.90. The molecule has 0 spiro atoms. The molecule has 4 aromatic rings. The fourth-order valence-corrected chi connectivity index (χ4v) is 6.03. The number of aryl methyl sites for hydroxylation is 2. The van der Waals surface area contributed by atoms with Gasteiger partial charge in [0.05, 0.1) is 10.5 Å². The van der Waals surface area contributed by atoms with E-state index in [4.69, 9.17) is 26.1 Å². The van der Waals surface area contributed by atoms with Crippen LogP contribution >= 0.6 is 11.6 Å². The Morgan fingerprint density at radius 1 is 1.00 bits per heavy atom. The summed E-state index contributed by atoms with van der Waals surface area (Å²) in [7, 11) is 4.07. The van der Waals surface area contributed by atoms with Gasteiger partial charge in [-0.15, -0.1) is 0 Å². The normalized spacial score (nSPS) is 17.2. The van der Waals surface area contributed by atoms with Gasteiger partial charge in [-0.2, -0.15) is 0 Å². The van der Waals surface area contributed by atoms with Crippen LogP contribution in [0.15, 0.2) is 53.1 Å². The second-order valence-corrected chi connectivity index (χ2v) is 11.6. The molecule has 0 bridgehead atoms. The first-order chi connectivity index (χ1) is 19.4. The standard InChI is InChI=1S/C32H38ClN5O2/c1-21-29(30(37-40-21)24-11-5-7-13-26(24)33)32(39)34-20-23-18-16-22(17-19-23)10-4-9-15-28-35-27-14-8-6-12-25(27)31(36-28)38(2)3/h5-8,11-14,22-23H,4,9-10,15-20H2,1-3H3,(H,34,39). The zero-order chi connectivity index (χ0) is 28.1. The smallest absolute Gasteiger partial charge is 0.257 e. The average Bonchev–Trinajstić information content (AvgIpc) is 3.35. The number of hydrogen-bond donors (Lipinski definition) is 1. The number of carbonyl (C=O) groups excluding carboxylic acids is 1. The van der Waals surface area contributed by atoms with Crippen LogP contribution in [-0.2, 0) is 6.42 Å². The number of rotatable bonds is 10. The molecule has 210 valence electrons. The van der Waals surface area contributed by atoms with E-state index in [1.54, 1.807) is 13.0 Å². The molecule has 0 aliphatic heterocycles. The van der Waals surface area contributed by atoms with Crippen LogP contribution in [0.25, 0.3) is 22.2 Å². The van der Waals surface area contributed by atoms with Crippen molar-refractivity contribution in [1.29, 1.82) is 0 Å². The summed E-state index contributed by atoms with van der Waals surface area (Å²) in [5.41, 5.74) is 2.68. The predicted molar refractivity (Wildman–Crippen MR) is 161 cm³/mol. The van der Waals surface area contributed by atoms with E-state index in [0.717, 1.165) is 54.1 Å². The highest BCUT2D eigenvalue weighted by Crippen LogP contribution is 2.33. The Morgan fingerprint density at radius 3 is 2.50 bits per heavy atom. The summed E-state index contributed by atoms with van der Waals surface area (Å²) in [6, 6.07) is 15.6. The third kappa shape index (κ3) is 6.47. The maximum absolute atomic E-state index is 13.1. The SMILES string of the molecule is Cc1onc(-c2ccccc2Cl)c1C(=O)NCC1CCC(CCCCc2nc(N(C)C)c3ccccc3n2)CC1. The highest BCUT2D eigenvalue weighted by Gasteiger charge is 2.25. The van der Waals surface area contributed by atoms with Crippen LogP contribution in [0.3, 0.4) is 0 Å². The van der Waals surface area contributed by atoms with Gasteiger partial charge in [0.2, 0.25) is 0 Å². The molecule has 40 heavy (non-hydrogen) atoms. The molecule has 2 aromatic heterocycles. The molecule has 0 atom stereocenters. The fourth-order valence-electron chi connectivity index (χ4n) is 5.80. The van der Waals surface area contributed by atoms with Crippen molar-refractivity contribution in [3.8, 4) is 11.3 Å². The molecule has 7 nitrogen and oxygen atoms in total. The van der Waals surface area contributed by atoms with Crippen LogP contribution in [-0.4, -0.2) is 41.7 Å². The van der Waals surface area contributed by atoms with Gasteiger partial charge in [0.25, 0.3) is 5.91 Å². The Morgan fingerprint density at radius 2 is 1.73 bits per heavy atom. The molecule has 1 aliphatic rings. The number of aromatic nitrogens is 3. The molecular formula is C32H38ClN5O2. The van der Waals surface area contributed by atoms with Crippen molar-refractivity contribution >= 4 is 34.2 Å². The lowest BCUT2D eigenvalue weighted by Crippen LogP contribution is -2.31. The zero-order valence-electron chi connectivity index (χ0n) is 23.6. The Bertz CT molecular complexity index is 1460. The van der Waals surface area contributed by atoms with Gasteiger partial charge in [-0.05, 0) is 56.2 Å². The van der Waals surface area contributed by atoms with Crippen molar-refractivity contribution in [2.75, 3.05) is 25.5 Å². The number of benzene rings is 2. The Balaban J connectivity index is 1.06. The van der Waals surface area contributed by atoms with Crippen molar-refractivity contribution in [3.63, 3.8) is 0 Å². The first-order valence-electron chi connectivity index (χ1n) is 14.3. The number of fused-ring (bicyclic) bond motifs is 1. The topological polar surface area (TPSA) is 84.2 Å². The van der Waals surface area contributed by atoms with Gasteiger partial charge in [0.15, 0.2) is 0 Å². The average molecular weight is 560 g/mol. The summed E-state index contributed by atoms with van der Waals surface area (Å²) in [5.74, 6) is 3.54. The summed E-state index contributed by atoms with van der Waals surface area (Å²) < 4.78 is 5.36. The van der Waals surface area contributed by atoms with Crippen LogP contribution < -0.4 is 10.2 Å². The molecule has 0 unspecified atom stereocenters. The van der Waals surface area contributed by atoms with Crippen molar-refractivity contribution in [2.45, 2.75) is 58.3 Å². The Labute approximate surface area is 241 Å². The third-order valence-electron chi connectivity index (χ3n) is 8.05. The highest BCUT2D eigenvalue weighted by molar-refractivity contribution is 6.33. The number of para-hydroxylation sites is 1. The quantitative estimate of drug-likeness (QED) is 0.206. The molecule has 5 rings (SSSR count). The molecule has 1 saturated carbocycles. The van der Waals surface area contributed by atoms with Crippen LogP contribution in [0.1, 0.15) is 66.9 Å². The molecule has 0 saturated heterocycles. The lowest BCUT2D eigenvalue weighted by molar-refractivity contribution is 0.0940. The second-order valence-electron chi connectivity index (χ2n) is 11.2. The van der Waals surface area contributed by atoms with Crippen molar-refractivity contribution in [3.05, 3.63) is 70.7 Å². The lowest BCUT2D eigenvalue weighted by Gasteiger charge is -2.28. The van der Waals surface area contributed by atoms with E-state index in [-0.39, 0.29) is 5.91 Å². The van der Waals surface area contributed by atoms with E-state index in [2.05, 4.69) is 27.5 Å². The van der Waals surface area contributed by atoms with Crippen LogP contribution in [0.5, 0.6) is 0 Å². The first kappa shape index (κ1) is 28.1. The molecule has 2 aromatic carbocycles. The van der Waals surface area contributed by atoms with Gasteiger partial charge in [-0.25, -0.2) is 9.97 Å². The molecule has 2 heterocycles. The predicted octanol–water partition coefficient (Wildman–Crippen LogP) is 7.26. The van der Waals surface area contributed by atoms with E-state index in [9.17, 15) is 4.79 Å². The summed E-state index contributed by atoms with van der Waals surface area (Å²) in [4.78, 5) is 24.8. The van der Waals surface area contributed by atoms with Crippen molar-refractivity contribution in [1.82, 2.24) is 20.4 Å². The van der Waals surface area contributed by atoms with Gasteiger partial charge in [-0.3, -0.25) is 4.79 Å². The van der Waals surface area contributed by atoms with Gasteiger partial charge in [-0.1, -0.05) is 72.8 Å². The minimum atomic E-state index is -0.149. The van der Waals surface area contributed by atoms with E-state index in [1.165, 1.54) is 25.7 Å². The number of amides is 1. The molecule has 0 radical (unpaired) electrons. The maximum Gasteiger partial charge on any atom is 0.257 e. The fraction of sp³-hybridized carbons (Fsp3) is 0.438. The summed E-state index contributed by atoms with van der Waals surface area (Å²) in [6.07, 6.45) is 9.17. The number of unbranched alkanes of at least 4 members (excludes halogenated alkanes) is 1. The number of nitrogens with zero attached hydrogens (tertiary/aromatic N) is 4. The van der Waals surface area contributed by atoms with Gasteiger partial charge in [0.1, 0.15) is 28.7 Å². The maximum atomic E-state index is 13.1. The van der Waals surface area contributed by atoms with Gasteiger partial charge < -0.3 is 14.7 Å². The number of nitrogens with one attached hydrogen (secondary N) is 1. The van der Waals surface area contributed by atoms with Gasteiger partial charge in [0, 0.05) is 38.0 Å². The molecule has 1 amide bonds. The Hall–Kier alpha value is -3.45. The molecular weight excluding hydrogens is 522 g/mol. The lowest BCUT2D eigenvalue weighted by atomic mass is 9.79. The number of hydrogen-bond acceptors (Lipinski definition) is 6. The Kier molecular flexibility index (Phi) is 9.00. The highest BCUT2D eigenvalue weighted by atomic mass is 35.5. The van der Waals surface area contributed by atoms with E-state index < -0.39 is 0 Å². The van der Waals surface area contributed by atoms with Crippen LogP contribution in [0, 0.1) is 18.8 Å². The monoisotopic (exact) mass is 559 g/mol. The van der Waals surface area contributed by atoms with Crippen LogP contribution in [0.2, 0.25) is 5.02 Å².